The summed E-state index contributed by atoms with van der Waals surface area (Å²) >= 11 is 1.58. The molecule has 2 aliphatic heterocycles. The van der Waals surface area contributed by atoms with Gasteiger partial charge in [-0.15, -0.1) is 11.3 Å². The number of rotatable bonds is 6. The molecule has 0 saturated carbocycles. The molecule has 0 bridgehead atoms. The highest BCUT2D eigenvalue weighted by atomic mass is 32.1. The first-order valence-corrected chi connectivity index (χ1v) is 11.9. The van der Waals surface area contributed by atoms with Crippen LogP contribution in [0.1, 0.15) is 16.1 Å². The summed E-state index contributed by atoms with van der Waals surface area (Å²) in [5.41, 5.74) is 4.79. The monoisotopic (exact) mass is 463 g/mol. The van der Waals surface area contributed by atoms with Gasteiger partial charge in [-0.2, -0.15) is 0 Å². The van der Waals surface area contributed by atoms with Crippen molar-refractivity contribution in [1.29, 1.82) is 0 Å². The van der Waals surface area contributed by atoms with E-state index in [0.717, 1.165) is 29.1 Å². The van der Waals surface area contributed by atoms with Crippen LogP contribution < -0.4 is 9.64 Å². The van der Waals surface area contributed by atoms with E-state index in [1.165, 1.54) is 11.1 Å². The predicted molar refractivity (Wildman–Crippen MR) is 127 cm³/mol. The highest BCUT2D eigenvalue weighted by Crippen LogP contribution is 2.36. The van der Waals surface area contributed by atoms with Crippen molar-refractivity contribution < 1.29 is 19.1 Å². The number of hydrogen-bond donors (Lipinski definition) is 0. The van der Waals surface area contributed by atoms with Crippen LogP contribution in [0.4, 0.5) is 5.69 Å². The average molecular weight is 464 g/mol. The minimum atomic E-state index is -0.218. The molecule has 2 amide bonds. The first-order valence-electron chi connectivity index (χ1n) is 11.0. The minimum Gasteiger partial charge on any atom is -0.482 e. The molecule has 0 spiro atoms. The Bertz CT molecular complexity index is 1190. The van der Waals surface area contributed by atoms with Crippen molar-refractivity contribution >= 4 is 28.8 Å². The second-order valence-electron chi connectivity index (χ2n) is 8.15. The number of nitrogens with zero attached hydrogens (tertiary/aromatic N) is 3. The average Bonchev–Trinajstić information content (AvgIpc) is 3.33. The Morgan fingerprint density at radius 1 is 1.21 bits per heavy atom. The van der Waals surface area contributed by atoms with Gasteiger partial charge < -0.3 is 14.4 Å². The van der Waals surface area contributed by atoms with E-state index in [9.17, 15) is 9.59 Å². The van der Waals surface area contributed by atoms with Gasteiger partial charge in [0.15, 0.2) is 6.61 Å². The lowest BCUT2D eigenvalue weighted by Gasteiger charge is -2.33. The van der Waals surface area contributed by atoms with Gasteiger partial charge in [-0.3, -0.25) is 14.5 Å². The van der Waals surface area contributed by atoms with Gasteiger partial charge >= 0.3 is 0 Å². The zero-order valence-electron chi connectivity index (χ0n) is 18.5. The van der Waals surface area contributed by atoms with E-state index in [0.29, 0.717) is 31.1 Å². The van der Waals surface area contributed by atoms with E-state index in [4.69, 9.17) is 9.47 Å². The number of anilines is 1. The Hall–Kier alpha value is -3.23. The highest BCUT2D eigenvalue weighted by molar-refractivity contribution is 7.09. The second kappa shape index (κ2) is 9.33. The molecule has 0 atom stereocenters. The van der Waals surface area contributed by atoms with E-state index >= 15 is 0 Å². The molecular weight excluding hydrogens is 438 g/mol. The molecule has 2 aliphatic rings. The van der Waals surface area contributed by atoms with Gasteiger partial charge in [0.05, 0.1) is 23.0 Å². The standard InChI is InChI=1S/C25H25N3O4S/c1-31-11-9-23-26-20(16-33-23)18-6-7-22-21(12-18)28(25(30)15-32-22)14-24(29)27-10-8-17-4-2-3-5-19(17)13-27/h2-7,12,16H,8-11,13-15H2,1H3. The lowest BCUT2D eigenvalue weighted by atomic mass is 10.00. The maximum Gasteiger partial charge on any atom is 0.265 e. The van der Waals surface area contributed by atoms with Crippen molar-refractivity contribution in [1.82, 2.24) is 9.88 Å². The molecule has 3 heterocycles. The van der Waals surface area contributed by atoms with Crippen LogP contribution in [0.3, 0.4) is 0 Å². The molecule has 170 valence electrons. The summed E-state index contributed by atoms with van der Waals surface area (Å²) in [6.45, 7) is 1.78. The molecule has 0 radical (unpaired) electrons. The van der Waals surface area contributed by atoms with E-state index in [1.807, 2.05) is 40.6 Å². The number of aromatic nitrogens is 1. The quantitative estimate of drug-likeness (QED) is 0.561. The van der Waals surface area contributed by atoms with Crippen molar-refractivity contribution in [2.45, 2.75) is 19.4 Å². The van der Waals surface area contributed by atoms with Gasteiger partial charge in [-0.05, 0) is 35.7 Å². The second-order valence-corrected chi connectivity index (χ2v) is 9.10. The third-order valence-electron chi connectivity index (χ3n) is 6.05. The molecule has 0 N–H and O–H groups in total. The van der Waals surface area contributed by atoms with Crippen LogP contribution in [0, 0.1) is 0 Å². The largest absolute Gasteiger partial charge is 0.482 e. The zero-order valence-corrected chi connectivity index (χ0v) is 19.3. The fourth-order valence-electron chi connectivity index (χ4n) is 4.23. The molecule has 3 aromatic rings. The van der Waals surface area contributed by atoms with Gasteiger partial charge in [0.1, 0.15) is 12.3 Å². The summed E-state index contributed by atoms with van der Waals surface area (Å²) in [7, 11) is 1.67. The predicted octanol–water partition coefficient (Wildman–Crippen LogP) is 3.31. The number of carbonyl (C=O) groups excluding carboxylic acids is 2. The molecule has 1 aromatic heterocycles. The van der Waals surface area contributed by atoms with E-state index in [1.54, 1.807) is 23.3 Å². The third-order valence-corrected chi connectivity index (χ3v) is 6.95. The topological polar surface area (TPSA) is 72.0 Å². The van der Waals surface area contributed by atoms with Crippen molar-refractivity contribution in [2.75, 3.05) is 38.3 Å². The Kier molecular flexibility index (Phi) is 6.11. The smallest absolute Gasteiger partial charge is 0.265 e. The van der Waals surface area contributed by atoms with Crippen molar-refractivity contribution in [3.8, 4) is 17.0 Å². The normalized spacial score (nSPS) is 15.1. The van der Waals surface area contributed by atoms with E-state index in [2.05, 4.69) is 17.1 Å². The molecule has 0 unspecified atom stereocenters. The fraction of sp³-hybridized carbons (Fsp3) is 0.320. The Morgan fingerprint density at radius 3 is 2.91 bits per heavy atom. The van der Waals surface area contributed by atoms with Crippen molar-refractivity contribution in [3.63, 3.8) is 0 Å². The number of methoxy groups -OCH3 is 1. The maximum absolute atomic E-state index is 13.2. The first-order chi connectivity index (χ1) is 16.1. The number of amides is 2. The fourth-order valence-corrected chi connectivity index (χ4v) is 5.02. The van der Waals surface area contributed by atoms with Crippen LogP contribution in [0.2, 0.25) is 0 Å². The third kappa shape index (κ3) is 4.49. The molecule has 8 heteroatoms. The molecule has 0 fully saturated rings. The van der Waals surface area contributed by atoms with Gasteiger partial charge in [0.25, 0.3) is 5.91 Å². The molecule has 0 aliphatic carbocycles. The molecule has 2 aromatic carbocycles. The Balaban J connectivity index is 1.36. The first kappa shape index (κ1) is 21.6. The summed E-state index contributed by atoms with van der Waals surface area (Å²) in [6, 6.07) is 13.9. The van der Waals surface area contributed by atoms with Crippen LogP contribution in [-0.4, -0.2) is 55.1 Å². The number of fused-ring (bicyclic) bond motifs is 2. The minimum absolute atomic E-state index is 0.00301. The van der Waals surface area contributed by atoms with E-state index < -0.39 is 0 Å². The van der Waals surface area contributed by atoms with Gasteiger partial charge in [0, 0.05) is 37.6 Å². The van der Waals surface area contributed by atoms with Crippen LogP contribution >= 0.6 is 11.3 Å². The van der Waals surface area contributed by atoms with Crippen LogP contribution in [-0.2, 0) is 33.7 Å². The van der Waals surface area contributed by atoms with E-state index in [-0.39, 0.29) is 25.0 Å². The summed E-state index contributed by atoms with van der Waals surface area (Å²) in [4.78, 5) is 34.0. The summed E-state index contributed by atoms with van der Waals surface area (Å²) in [6.07, 6.45) is 1.59. The highest BCUT2D eigenvalue weighted by Gasteiger charge is 2.30. The van der Waals surface area contributed by atoms with Gasteiger partial charge in [-0.25, -0.2) is 4.98 Å². The van der Waals surface area contributed by atoms with Crippen molar-refractivity contribution in [3.05, 3.63) is 64.0 Å². The van der Waals surface area contributed by atoms with Crippen LogP contribution in [0.25, 0.3) is 11.3 Å². The van der Waals surface area contributed by atoms with Gasteiger partial charge in [0.2, 0.25) is 5.91 Å². The van der Waals surface area contributed by atoms with Gasteiger partial charge in [-0.1, -0.05) is 24.3 Å². The SMILES string of the molecule is COCCc1nc(-c2ccc3c(c2)N(CC(=O)N2CCc4ccccc4C2)C(=O)CO3)cs1. The summed E-state index contributed by atoms with van der Waals surface area (Å²) in [5, 5.41) is 2.99. The molecular formula is C25H25N3O4S. The number of hydrogen-bond acceptors (Lipinski definition) is 6. The Labute approximate surface area is 196 Å². The maximum atomic E-state index is 13.2. The summed E-state index contributed by atoms with van der Waals surface area (Å²) in [5.74, 6) is 0.320. The Morgan fingerprint density at radius 2 is 2.06 bits per heavy atom. The number of carbonyl (C=O) groups is 2. The molecule has 7 nitrogen and oxygen atoms in total. The molecule has 0 saturated heterocycles. The lowest BCUT2D eigenvalue weighted by Crippen LogP contribution is -2.47. The number of benzene rings is 2. The van der Waals surface area contributed by atoms with Crippen molar-refractivity contribution in [2.24, 2.45) is 0 Å². The molecule has 33 heavy (non-hydrogen) atoms. The molecule has 5 rings (SSSR count). The lowest BCUT2D eigenvalue weighted by molar-refractivity contribution is -0.132. The number of thiazole rings is 1. The number of ether oxygens (including phenoxy) is 2. The zero-order chi connectivity index (χ0) is 22.8. The van der Waals surface area contributed by atoms with Crippen LogP contribution in [0.15, 0.2) is 47.8 Å². The summed E-state index contributed by atoms with van der Waals surface area (Å²) < 4.78 is 10.8. The van der Waals surface area contributed by atoms with Crippen LogP contribution in [0.5, 0.6) is 5.75 Å².